The number of thiazole rings is 1. The Hall–Kier alpha value is -0.490. The summed E-state index contributed by atoms with van der Waals surface area (Å²) in [5, 5.41) is 6.78. The summed E-state index contributed by atoms with van der Waals surface area (Å²) in [6.45, 7) is 7.23. The molecule has 1 aromatic heterocycles. The number of rotatable bonds is 10. The van der Waals surface area contributed by atoms with Crippen LogP contribution in [0.2, 0.25) is 0 Å². The molecule has 104 valence electrons. The third-order valence-corrected chi connectivity index (χ3v) is 3.51. The molecule has 1 rings (SSSR count). The van der Waals surface area contributed by atoms with E-state index in [9.17, 15) is 0 Å². The summed E-state index contributed by atoms with van der Waals surface area (Å²) in [6, 6.07) is 0.340. The van der Waals surface area contributed by atoms with Crippen molar-refractivity contribution in [1.82, 2.24) is 10.3 Å². The fraction of sp³-hybridized carbons (Fsp3) is 0.769. The minimum atomic E-state index is 0.340. The van der Waals surface area contributed by atoms with Gasteiger partial charge in [-0.1, -0.05) is 6.92 Å². The van der Waals surface area contributed by atoms with Crippen molar-refractivity contribution < 1.29 is 9.47 Å². The first-order chi connectivity index (χ1) is 8.76. The molecule has 4 nitrogen and oxygen atoms in total. The SMILES string of the molecule is CCCNC(COCCOC)Cc1nc(C)cs1. The number of methoxy groups -OCH3 is 1. The number of hydrogen-bond acceptors (Lipinski definition) is 5. The molecule has 0 aliphatic rings. The summed E-state index contributed by atoms with van der Waals surface area (Å²) in [4.78, 5) is 4.50. The minimum Gasteiger partial charge on any atom is -0.382 e. The van der Waals surface area contributed by atoms with Crippen LogP contribution >= 0.6 is 11.3 Å². The predicted octanol–water partition coefficient (Wildman–Crippen LogP) is 2.03. The number of nitrogens with one attached hydrogen (secondary N) is 1. The summed E-state index contributed by atoms with van der Waals surface area (Å²) in [7, 11) is 1.69. The first-order valence-electron chi connectivity index (χ1n) is 6.47. The van der Waals surface area contributed by atoms with Gasteiger partial charge in [0.1, 0.15) is 0 Å². The van der Waals surface area contributed by atoms with E-state index in [4.69, 9.17) is 9.47 Å². The van der Waals surface area contributed by atoms with E-state index in [1.807, 2.05) is 6.92 Å². The number of aryl methyl sites for hydroxylation is 1. The van der Waals surface area contributed by atoms with Crippen LogP contribution in [0.25, 0.3) is 0 Å². The summed E-state index contributed by atoms with van der Waals surface area (Å²) in [6.07, 6.45) is 2.07. The normalized spacial score (nSPS) is 12.8. The monoisotopic (exact) mass is 272 g/mol. The van der Waals surface area contributed by atoms with Gasteiger partial charge in [-0.25, -0.2) is 4.98 Å². The molecule has 0 aliphatic heterocycles. The van der Waals surface area contributed by atoms with Crippen LogP contribution in [-0.4, -0.2) is 44.5 Å². The lowest BCUT2D eigenvalue weighted by molar-refractivity contribution is 0.0587. The van der Waals surface area contributed by atoms with Crippen LogP contribution in [0.5, 0.6) is 0 Å². The molecule has 0 aliphatic carbocycles. The maximum atomic E-state index is 5.60. The molecule has 0 fully saturated rings. The molecule has 0 saturated carbocycles. The van der Waals surface area contributed by atoms with Crippen molar-refractivity contribution in [2.45, 2.75) is 32.7 Å². The van der Waals surface area contributed by atoms with E-state index in [2.05, 4.69) is 22.6 Å². The van der Waals surface area contributed by atoms with Crippen molar-refractivity contribution in [2.24, 2.45) is 0 Å². The summed E-state index contributed by atoms with van der Waals surface area (Å²) in [5.74, 6) is 0. The van der Waals surface area contributed by atoms with Crippen LogP contribution in [0.3, 0.4) is 0 Å². The first-order valence-corrected chi connectivity index (χ1v) is 7.35. The van der Waals surface area contributed by atoms with E-state index >= 15 is 0 Å². The fourth-order valence-corrected chi connectivity index (χ4v) is 2.47. The van der Waals surface area contributed by atoms with Crippen LogP contribution in [0, 0.1) is 6.92 Å². The Morgan fingerprint density at radius 2 is 2.28 bits per heavy atom. The molecule has 5 heteroatoms. The molecule has 0 amide bonds. The minimum absolute atomic E-state index is 0.340. The standard InChI is InChI=1S/C13H24N2O2S/c1-4-5-14-12(9-17-7-6-16-3)8-13-15-11(2)10-18-13/h10,12,14H,4-9H2,1-3H3. The van der Waals surface area contributed by atoms with Gasteiger partial charge >= 0.3 is 0 Å². The second-order valence-corrected chi connectivity index (χ2v) is 5.25. The maximum Gasteiger partial charge on any atom is 0.0944 e. The van der Waals surface area contributed by atoms with Crippen molar-refractivity contribution in [3.05, 3.63) is 16.1 Å². The molecule has 0 radical (unpaired) electrons. The topological polar surface area (TPSA) is 43.4 Å². The number of nitrogens with zero attached hydrogens (tertiary/aromatic N) is 1. The number of ether oxygens (including phenoxy) is 2. The second kappa shape index (κ2) is 9.44. The highest BCUT2D eigenvalue weighted by atomic mass is 32.1. The van der Waals surface area contributed by atoms with E-state index < -0.39 is 0 Å². The zero-order chi connectivity index (χ0) is 13.2. The zero-order valence-corrected chi connectivity index (χ0v) is 12.4. The third-order valence-electron chi connectivity index (χ3n) is 2.52. The highest BCUT2D eigenvalue weighted by Crippen LogP contribution is 2.11. The Morgan fingerprint density at radius 3 is 2.89 bits per heavy atom. The first kappa shape index (κ1) is 15.6. The van der Waals surface area contributed by atoms with E-state index in [0.29, 0.717) is 25.9 Å². The van der Waals surface area contributed by atoms with Gasteiger partial charge in [0.25, 0.3) is 0 Å². The molecule has 0 aromatic carbocycles. The van der Waals surface area contributed by atoms with E-state index in [0.717, 1.165) is 25.1 Å². The van der Waals surface area contributed by atoms with Crippen LogP contribution in [0.4, 0.5) is 0 Å². The Bertz CT molecular complexity index is 318. The van der Waals surface area contributed by atoms with Crippen LogP contribution in [0.1, 0.15) is 24.0 Å². The Morgan fingerprint density at radius 1 is 1.44 bits per heavy atom. The summed E-state index contributed by atoms with van der Waals surface area (Å²) >= 11 is 1.72. The smallest absolute Gasteiger partial charge is 0.0944 e. The van der Waals surface area contributed by atoms with Crippen molar-refractivity contribution in [3.8, 4) is 0 Å². The third kappa shape index (κ3) is 6.44. The number of aromatic nitrogens is 1. The van der Waals surface area contributed by atoms with Crippen molar-refractivity contribution in [1.29, 1.82) is 0 Å². The Balaban J connectivity index is 2.34. The van der Waals surface area contributed by atoms with Crippen LogP contribution in [-0.2, 0) is 15.9 Å². The lowest BCUT2D eigenvalue weighted by Crippen LogP contribution is -2.36. The lowest BCUT2D eigenvalue weighted by Gasteiger charge is -2.17. The highest BCUT2D eigenvalue weighted by molar-refractivity contribution is 7.09. The molecule has 0 saturated heterocycles. The quantitative estimate of drug-likeness (QED) is 0.662. The van der Waals surface area contributed by atoms with Gasteiger partial charge in [-0.05, 0) is 19.9 Å². The van der Waals surface area contributed by atoms with Crippen LogP contribution < -0.4 is 5.32 Å². The molecular weight excluding hydrogens is 248 g/mol. The molecule has 0 spiro atoms. The van der Waals surface area contributed by atoms with Crippen LogP contribution in [0.15, 0.2) is 5.38 Å². The van der Waals surface area contributed by atoms with Gasteiger partial charge in [0.15, 0.2) is 0 Å². The van der Waals surface area contributed by atoms with Gasteiger partial charge in [0, 0.05) is 30.6 Å². The molecule has 0 bridgehead atoms. The zero-order valence-electron chi connectivity index (χ0n) is 11.6. The highest BCUT2D eigenvalue weighted by Gasteiger charge is 2.11. The number of hydrogen-bond donors (Lipinski definition) is 1. The van der Waals surface area contributed by atoms with E-state index in [1.54, 1.807) is 18.4 Å². The average Bonchev–Trinajstić information content (AvgIpc) is 2.77. The Kier molecular flexibility index (Phi) is 8.17. The molecule has 1 aromatic rings. The molecule has 1 atom stereocenters. The molecule has 18 heavy (non-hydrogen) atoms. The fourth-order valence-electron chi connectivity index (χ4n) is 1.61. The largest absolute Gasteiger partial charge is 0.382 e. The van der Waals surface area contributed by atoms with Gasteiger partial charge in [-0.3, -0.25) is 0 Å². The molecule has 1 unspecified atom stereocenters. The van der Waals surface area contributed by atoms with Crippen molar-refractivity contribution in [3.63, 3.8) is 0 Å². The summed E-state index contributed by atoms with van der Waals surface area (Å²) < 4.78 is 10.6. The van der Waals surface area contributed by atoms with Gasteiger partial charge in [0.2, 0.25) is 0 Å². The maximum absolute atomic E-state index is 5.60. The van der Waals surface area contributed by atoms with Gasteiger partial charge in [0.05, 0.1) is 24.8 Å². The van der Waals surface area contributed by atoms with Gasteiger partial charge < -0.3 is 14.8 Å². The summed E-state index contributed by atoms with van der Waals surface area (Å²) in [5.41, 5.74) is 1.10. The van der Waals surface area contributed by atoms with E-state index in [-0.39, 0.29) is 0 Å². The van der Waals surface area contributed by atoms with Gasteiger partial charge in [-0.2, -0.15) is 0 Å². The Labute approximate surface area is 114 Å². The lowest BCUT2D eigenvalue weighted by atomic mass is 10.2. The second-order valence-electron chi connectivity index (χ2n) is 4.31. The molecule has 1 heterocycles. The predicted molar refractivity (Wildman–Crippen MR) is 75.3 cm³/mol. The van der Waals surface area contributed by atoms with Crippen molar-refractivity contribution >= 4 is 11.3 Å². The van der Waals surface area contributed by atoms with Crippen molar-refractivity contribution in [2.75, 3.05) is 33.5 Å². The average molecular weight is 272 g/mol. The van der Waals surface area contributed by atoms with E-state index in [1.165, 1.54) is 5.01 Å². The molecular formula is C13H24N2O2S. The van der Waals surface area contributed by atoms with Gasteiger partial charge in [-0.15, -0.1) is 11.3 Å². The molecule has 1 N–H and O–H groups in total.